The van der Waals surface area contributed by atoms with Gasteiger partial charge in [0.2, 0.25) is 11.7 Å². The Hall–Kier alpha value is -2.94. The van der Waals surface area contributed by atoms with Gasteiger partial charge in [0.05, 0.1) is 0 Å². The van der Waals surface area contributed by atoms with Crippen molar-refractivity contribution in [3.63, 3.8) is 0 Å². The molecular weight excluding hydrogens is 424 g/mol. The fourth-order valence-corrected chi connectivity index (χ4v) is 3.73. The van der Waals surface area contributed by atoms with E-state index in [2.05, 4.69) is 36.4 Å². The van der Waals surface area contributed by atoms with Gasteiger partial charge in [0.25, 0.3) is 5.91 Å². The first kappa shape index (κ1) is 18.4. The number of benzene rings is 1. The van der Waals surface area contributed by atoms with Crippen LogP contribution >= 0.6 is 15.9 Å². The second-order valence-electron chi connectivity index (χ2n) is 6.68. The van der Waals surface area contributed by atoms with E-state index in [9.17, 15) is 9.59 Å². The molecule has 28 heavy (non-hydrogen) atoms. The number of hydrogen-bond acceptors (Lipinski definition) is 4. The number of aryl methyl sites for hydroxylation is 1. The quantitative estimate of drug-likeness (QED) is 0.646. The molecule has 8 nitrogen and oxygen atoms in total. The largest absolute Gasteiger partial charge is 0.337 e. The number of nitrogens with zero attached hydrogens (tertiary/aromatic N) is 4. The molecule has 0 saturated heterocycles. The average molecular weight is 443 g/mol. The molecule has 3 aromatic rings. The van der Waals surface area contributed by atoms with Gasteiger partial charge in [-0.2, -0.15) is 5.10 Å². The van der Waals surface area contributed by atoms with E-state index in [0.717, 1.165) is 15.9 Å². The van der Waals surface area contributed by atoms with Crippen LogP contribution in [0, 0.1) is 0 Å². The standard InChI is InChI=1S/C19H19BrN6O2/c1-25-16-10-13(20)11-26(16)8-7-14(19(25)28)21-18(27)17-22-15(23-24-17)9-12-5-3-2-4-6-12/h2-6,10-11,14H,7-9H2,1H3,(H,21,27)(H,22,23,24). The number of carbonyl (C=O) groups excluding carboxylic acids is 2. The van der Waals surface area contributed by atoms with Crippen molar-refractivity contribution in [3.8, 4) is 0 Å². The van der Waals surface area contributed by atoms with Gasteiger partial charge in [-0.15, -0.1) is 0 Å². The van der Waals surface area contributed by atoms with E-state index >= 15 is 0 Å². The van der Waals surface area contributed by atoms with Gasteiger partial charge in [0.15, 0.2) is 5.82 Å². The zero-order chi connectivity index (χ0) is 19.7. The predicted octanol–water partition coefficient (Wildman–Crippen LogP) is 2.12. The molecule has 0 fully saturated rings. The lowest BCUT2D eigenvalue weighted by molar-refractivity contribution is -0.120. The molecule has 1 aliphatic heterocycles. The number of aromatic nitrogens is 4. The van der Waals surface area contributed by atoms with E-state index in [-0.39, 0.29) is 11.7 Å². The predicted molar refractivity (Wildman–Crippen MR) is 107 cm³/mol. The summed E-state index contributed by atoms with van der Waals surface area (Å²) in [6, 6.07) is 11.0. The fourth-order valence-electron chi connectivity index (χ4n) is 3.28. The molecule has 3 heterocycles. The summed E-state index contributed by atoms with van der Waals surface area (Å²) in [5.74, 6) is 0.820. The van der Waals surface area contributed by atoms with Gasteiger partial charge in [-0.3, -0.25) is 19.6 Å². The highest BCUT2D eigenvalue weighted by atomic mass is 79.9. The van der Waals surface area contributed by atoms with Crippen LogP contribution in [0.5, 0.6) is 0 Å². The molecule has 0 radical (unpaired) electrons. The zero-order valence-corrected chi connectivity index (χ0v) is 16.8. The zero-order valence-electron chi connectivity index (χ0n) is 15.2. The summed E-state index contributed by atoms with van der Waals surface area (Å²) in [5.41, 5.74) is 1.06. The summed E-state index contributed by atoms with van der Waals surface area (Å²) in [7, 11) is 1.71. The van der Waals surface area contributed by atoms with E-state index in [0.29, 0.717) is 25.2 Å². The van der Waals surface area contributed by atoms with Gasteiger partial charge < -0.3 is 9.88 Å². The highest BCUT2D eigenvalue weighted by Gasteiger charge is 2.30. The van der Waals surface area contributed by atoms with Crippen molar-refractivity contribution in [1.82, 2.24) is 25.1 Å². The number of halogens is 1. The van der Waals surface area contributed by atoms with Crippen LogP contribution < -0.4 is 10.2 Å². The van der Waals surface area contributed by atoms with E-state index in [1.165, 1.54) is 0 Å². The van der Waals surface area contributed by atoms with Crippen LogP contribution in [0.2, 0.25) is 0 Å². The SMILES string of the molecule is CN1C(=O)C(NC(=O)c2nc(Cc3ccccc3)n[nH]2)CCn2cc(Br)cc21. The molecular formula is C19H19BrN6O2. The molecule has 1 unspecified atom stereocenters. The second kappa shape index (κ2) is 7.59. The van der Waals surface area contributed by atoms with E-state index in [1.807, 2.05) is 47.2 Å². The molecule has 2 amide bonds. The first-order valence-electron chi connectivity index (χ1n) is 8.90. The lowest BCUT2D eigenvalue weighted by atomic mass is 10.1. The normalized spacial score (nSPS) is 16.6. The smallest absolute Gasteiger partial charge is 0.289 e. The van der Waals surface area contributed by atoms with Crippen molar-refractivity contribution in [2.45, 2.75) is 25.4 Å². The lowest BCUT2D eigenvalue weighted by Crippen LogP contribution is -2.47. The monoisotopic (exact) mass is 442 g/mol. The molecule has 1 aromatic carbocycles. The third-order valence-electron chi connectivity index (χ3n) is 4.73. The molecule has 0 aliphatic carbocycles. The van der Waals surface area contributed by atoms with Crippen molar-refractivity contribution in [2.75, 3.05) is 11.9 Å². The fraction of sp³-hybridized carbons (Fsp3) is 0.263. The van der Waals surface area contributed by atoms with Crippen molar-refractivity contribution >= 4 is 33.6 Å². The van der Waals surface area contributed by atoms with E-state index < -0.39 is 11.9 Å². The van der Waals surface area contributed by atoms with Crippen LogP contribution in [0.15, 0.2) is 47.1 Å². The molecule has 0 spiro atoms. The molecule has 9 heteroatoms. The Morgan fingerprint density at radius 1 is 1.36 bits per heavy atom. The number of aromatic amines is 1. The number of rotatable bonds is 4. The third-order valence-corrected chi connectivity index (χ3v) is 5.16. The molecule has 2 aromatic heterocycles. The van der Waals surface area contributed by atoms with Crippen molar-refractivity contribution in [1.29, 1.82) is 0 Å². The maximum absolute atomic E-state index is 12.8. The minimum atomic E-state index is -0.626. The van der Waals surface area contributed by atoms with Crippen LogP contribution in [0.1, 0.15) is 28.4 Å². The van der Waals surface area contributed by atoms with E-state index in [1.54, 1.807) is 11.9 Å². The Bertz CT molecular complexity index is 1010. The van der Waals surface area contributed by atoms with Crippen LogP contribution in [0.25, 0.3) is 0 Å². The number of carbonyl (C=O) groups is 2. The maximum Gasteiger partial charge on any atom is 0.289 e. The lowest BCUT2D eigenvalue weighted by Gasteiger charge is -2.20. The molecule has 2 N–H and O–H groups in total. The first-order valence-corrected chi connectivity index (χ1v) is 9.70. The van der Waals surface area contributed by atoms with Gasteiger partial charge in [-0.1, -0.05) is 30.3 Å². The van der Waals surface area contributed by atoms with Gasteiger partial charge in [0.1, 0.15) is 11.9 Å². The van der Waals surface area contributed by atoms with Gasteiger partial charge >= 0.3 is 0 Å². The number of anilines is 1. The Kier molecular flexibility index (Phi) is 4.99. The molecule has 144 valence electrons. The minimum absolute atomic E-state index is 0.105. The summed E-state index contributed by atoms with van der Waals surface area (Å²) < 4.78 is 2.90. The Labute approximate surface area is 170 Å². The number of amides is 2. The van der Waals surface area contributed by atoms with Crippen LogP contribution in [-0.4, -0.2) is 44.7 Å². The van der Waals surface area contributed by atoms with Gasteiger partial charge in [-0.25, -0.2) is 4.98 Å². The van der Waals surface area contributed by atoms with Gasteiger partial charge in [0, 0.05) is 30.7 Å². The van der Waals surface area contributed by atoms with Crippen molar-refractivity contribution < 1.29 is 9.59 Å². The first-order chi connectivity index (χ1) is 13.5. The van der Waals surface area contributed by atoms with Crippen LogP contribution in [0.3, 0.4) is 0 Å². The number of fused-ring (bicyclic) bond motifs is 1. The van der Waals surface area contributed by atoms with Gasteiger partial charge in [-0.05, 0) is 34.0 Å². The topological polar surface area (TPSA) is 95.9 Å². The Balaban J connectivity index is 1.44. The minimum Gasteiger partial charge on any atom is -0.337 e. The Morgan fingerprint density at radius 3 is 2.93 bits per heavy atom. The van der Waals surface area contributed by atoms with Crippen molar-refractivity contribution in [2.24, 2.45) is 0 Å². The number of likely N-dealkylation sites (N-methyl/N-ethyl adjacent to an activating group) is 1. The maximum atomic E-state index is 12.8. The highest BCUT2D eigenvalue weighted by Crippen LogP contribution is 2.26. The summed E-state index contributed by atoms with van der Waals surface area (Å²) in [6.07, 6.45) is 2.95. The third kappa shape index (κ3) is 3.70. The van der Waals surface area contributed by atoms with Crippen LogP contribution in [0.4, 0.5) is 5.82 Å². The van der Waals surface area contributed by atoms with Crippen LogP contribution in [-0.2, 0) is 17.8 Å². The van der Waals surface area contributed by atoms with E-state index in [4.69, 9.17) is 0 Å². The summed E-state index contributed by atoms with van der Waals surface area (Å²) >= 11 is 3.43. The Morgan fingerprint density at radius 2 is 2.14 bits per heavy atom. The molecule has 0 saturated carbocycles. The number of H-pyrrole nitrogens is 1. The number of hydrogen-bond donors (Lipinski definition) is 2. The summed E-state index contributed by atoms with van der Waals surface area (Å²) in [6.45, 7) is 0.623. The number of nitrogens with one attached hydrogen (secondary N) is 2. The summed E-state index contributed by atoms with van der Waals surface area (Å²) in [4.78, 5) is 31.2. The average Bonchev–Trinajstić information content (AvgIpc) is 3.28. The van der Waals surface area contributed by atoms with Crippen molar-refractivity contribution in [3.05, 3.63) is 64.3 Å². The molecule has 1 aliphatic rings. The highest BCUT2D eigenvalue weighted by molar-refractivity contribution is 9.10. The second-order valence-corrected chi connectivity index (χ2v) is 7.60. The molecule has 1 atom stereocenters. The molecule has 4 rings (SSSR count). The summed E-state index contributed by atoms with van der Waals surface area (Å²) in [5, 5.41) is 9.56. The molecule has 0 bridgehead atoms.